The van der Waals surface area contributed by atoms with Crippen LogP contribution in [0.25, 0.3) is 0 Å². The third-order valence-corrected chi connectivity index (χ3v) is 5.95. The smallest absolute Gasteiger partial charge is 0.134 e. The van der Waals surface area contributed by atoms with E-state index in [1.54, 1.807) is 0 Å². The van der Waals surface area contributed by atoms with Crippen LogP contribution in [0.15, 0.2) is 0 Å². The van der Waals surface area contributed by atoms with Gasteiger partial charge in [-0.3, -0.25) is 0 Å². The van der Waals surface area contributed by atoms with Gasteiger partial charge < -0.3 is 49.6 Å². The van der Waals surface area contributed by atoms with Gasteiger partial charge in [-0.2, -0.15) is 0 Å². The molecule has 2 fully saturated rings. The first-order valence-corrected chi connectivity index (χ1v) is 9.84. The number of aliphatic hydroxyl groups excluding tert-OH is 6. The molecular weight excluding hydrogens is 408 g/mol. The number of thioether (sulfide) groups is 1. The quantitative estimate of drug-likeness (QED) is 0.212. The Morgan fingerprint density at radius 2 is 1.10 bits per heavy atom. The highest BCUT2D eigenvalue weighted by atomic mass is 32.2. The SMILES string of the molecule is C#CCOC1C(O)C(CO)OC(SC2OC(CO)C(O)C(OCC#C)C2O)C1O. The molecule has 2 aliphatic heterocycles. The van der Waals surface area contributed by atoms with E-state index in [2.05, 4.69) is 11.8 Å². The number of terminal acetylenes is 2. The second kappa shape index (κ2) is 11.5. The van der Waals surface area contributed by atoms with E-state index in [4.69, 9.17) is 31.8 Å². The van der Waals surface area contributed by atoms with Gasteiger partial charge in [0.05, 0.1) is 13.2 Å². The van der Waals surface area contributed by atoms with Crippen molar-refractivity contribution < 1.29 is 49.6 Å². The summed E-state index contributed by atoms with van der Waals surface area (Å²) in [6.07, 6.45) is 0.411. The fourth-order valence-corrected chi connectivity index (χ4v) is 4.46. The molecule has 10 unspecified atom stereocenters. The van der Waals surface area contributed by atoms with Gasteiger partial charge in [-0.1, -0.05) is 23.6 Å². The molecule has 0 aliphatic carbocycles. The van der Waals surface area contributed by atoms with Gasteiger partial charge in [-0.05, 0) is 0 Å². The van der Waals surface area contributed by atoms with E-state index in [1.807, 2.05) is 0 Å². The molecule has 0 bridgehead atoms. The van der Waals surface area contributed by atoms with E-state index in [1.165, 1.54) is 0 Å². The lowest BCUT2D eigenvalue weighted by Gasteiger charge is -2.45. The Morgan fingerprint density at radius 3 is 1.41 bits per heavy atom. The zero-order chi connectivity index (χ0) is 21.6. The molecular formula is C18H26O10S. The lowest BCUT2D eigenvalue weighted by atomic mass is 10.00. The summed E-state index contributed by atoms with van der Waals surface area (Å²) in [5.41, 5.74) is -2.19. The van der Waals surface area contributed by atoms with Crippen molar-refractivity contribution in [3.8, 4) is 24.7 Å². The highest BCUT2D eigenvalue weighted by molar-refractivity contribution is 8.00. The second-order valence-electron chi connectivity index (χ2n) is 6.51. The molecule has 0 saturated carbocycles. The predicted octanol–water partition coefficient (Wildman–Crippen LogP) is -3.37. The van der Waals surface area contributed by atoms with Crippen LogP contribution in [-0.4, -0.2) is 117 Å². The van der Waals surface area contributed by atoms with E-state index in [0.717, 1.165) is 11.8 Å². The van der Waals surface area contributed by atoms with Gasteiger partial charge in [-0.25, -0.2) is 0 Å². The third-order valence-electron chi connectivity index (χ3n) is 4.63. The molecule has 6 N–H and O–H groups in total. The molecule has 0 spiro atoms. The molecule has 29 heavy (non-hydrogen) atoms. The van der Waals surface area contributed by atoms with Gasteiger partial charge in [0.1, 0.15) is 72.9 Å². The van der Waals surface area contributed by atoms with Gasteiger partial charge >= 0.3 is 0 Å². The summed E-state index contributed by atoms with van der Waals surface area (Å²) in [5, 5.41) is 60.5. The van der Waals surface area contributed by atoms with Crippen molar-refractivity contribution in [3.63, 3.8) is 0 Å². The zero-order valence-corrected chi connectivity index (χ0v) is 16.3. The Balaban J connectivity index is 2.16. The first kappa shape index (κ1) is 24.3. The van der Waals surface area contributed by atoms with Crippen molar-refractivity contribution in [1.82, 2.24) is 0 Å². The fourth-order valence-electron chi connectivity index (χ4n) is 3.15. The first-order valence-electron chi connectivity index (χ1n) is 8.90. The maximum atomic E-state index is 10.6. The summed E-state index contributed by atoms with van der Waals surface area (Å²) in [6, 6.07) is 0. The Bertz CT molecular complexity index is 542. The molecule has 10 nitrogen and oxygen atoms in total. The Morgan fingerprint density at radius 1 is 0.724 bits per heavy atom. The van der Waals surface area contributed by atoms with E-state index < -0.39 is 72.9 Å². The monoisotopic (exact) mass is 434 g/mol. The maximum absolute atomic E-state index is 10.6. The molecule has 2 saturated heterocycles. The molecule has 0 aromatic rings. The summed E-state index contributed by atoms with van der Waals surface area (Å²) in [7, 11) is 0. The lowest BCUT2D eigenvalue weighted by molar-refractivity contribution is -0.225. The molecule has 0 aromatic heterocycles. The standard InChI is InChI=1S/C18H26O10S/c1-3-5-25-15-11(21)9(7-19)27-17(13(15)23)29-18-14(24)16(26-6-4-2)12(22)10(8-20)28-18/h1-2,9-24H,5-8H2. The average molecular weight is 434 g/mol. The van der Waals surface area contributed by atoms with Crippen molar-refractivity contribution in [1.29, 1.82) is 0 Å². The van der Waals surface area contributed by atoms with E-state index in [9.17, 15) is 30.6 Å². The number of hydrogen-bond donors (Lipinski definition) is 6. The predicted molar refractivity (Wildman–Crippen MR) is 100 cm³/mol. The topological polar surface area (TPSA) is 158 Å². The van der Waals surface area contributed by atoms with Crippen LogP contribution >= 0.6 is 11.8 Å². The summed E-state index contributed by atoms with van der Waals surface area (Å²) >= 11 is 0.822. The molecule has 0 amide bonds. The molecule has 0 radical (unpaired) electrons. The van der Waals surface area contributed by atoms with Gasteiger partial charge in [0.25, 0.3) is 0 Å². The van der Waals surface area contributed by atoms with Gasteiger partial charge in [-0.15, -0.1) is 12.8 Å². The number of hydrogen-bond acceptors (Lipinski definition) is 11. The lowest BCUT2D eigenvalue weighted by Crippen LogP contribution is -2.61. The van der Waals surface area contributed by atoms with Crippen LogP contribution in [0.3, 0.4) is 0 Å². The second-order valence-corrected chi connectivity index (χ2v) is 7.71. The van der Waals surface area contributed by atoms with Crippen molar-refractivity contribution >= 4 is 11.8 Å². The van der Waals surface area contributed by atoms with Crippen LogP contribution in [0.5, 0.6) is 0 Å². The molecule has 0 aromatic carbocycles. The van der Waals surface area contributed by atoms with E-state index in [0.29, 0.717) is 0 Å². The summed E-state index contributed by atoms with van der Waals surface area (Å²) in [6.45, 7) is -1.48. The number of ether oxygens (including phenoxy) is 4. The molecule has 11 heteroatoms. The van der Waals surface area contributed by atoms with Crippen molar-refractivity contribution in [2.45, 2.75) is 59.7 Å². The highest BCUT2D eigenvalue weighted by Gasteiger charge is 2.50. The van der Waals surface area contributed by atoms with Crippen LogP contribution in [0.2, 0.25) is 0 Å². The molecule has 10 atom stereocenters. The average Bonchev–Trinajstić information content (AvgIpc) is 2.71. The van der Waals surface area contributed by atoms with Crippen LogP contribution < -0.4 is 0 Å². The maximum Gasteiger partial charge on any atom is 0.134 e. The zero-order valence-electron chi connectivity index (χ0n) is 15.5. The van der Waals surface area contributed by atoms with Gasteiger partial charge in [0.15, 0.2) is 0 Å². The minimum Gasteiger partial charge on any atom is -0.394 e. The van der Waals surface area contributed by atoms with E-state index >= 15 is 0 Å². The summed E-state index contributed by atoms with van der Waals surface area (Å²) in [4.78, 5) is 0. The van der Waals surface area contributed by atoms with E-state index in [-0.39, 0.29) is 13.2 Å². The van der Waals surface area contributed by atoms with Crippen molar-refractivity contribution in [3.05, 3.63) is 0 Å². The minimum atomic E-state index is -1.38. The third kappa shape index (κ3) is 5.61. The van der Waals surface area contributed by atoms with Crippen LogP contribution in [0.1, 0.15) is 0 Å². The minimum absolute atomic E-state index is 0.183. The first-order chi connectivity index (χ1) is 13.9. The van der Waals surface area contributed by atoms with Gasteiger partial charge in [0, 0.05) is 0 Å². The molecule has 164 valence electrons. The number of aliphatic hydroxyl groups is 6. The summed E-state index contributed by atoms with van der Waals surface area (Å²) in [5.74, 6) is 4.46. The Hall–Kier alpha value is -0.930. The van der Waals surface area contributed by atoms with Crippen LogP contribution in [0, 0.1) is 24.7 Å². The highest BCUT2D eigenvalue weighted by Crippen LogP contribution is 2.37. The molecule has 2 aliphatic rings. The van der Waals surface area contributed by atoms with Crippen molar-refractivity contribution in [2.75, 3.05) is 26.4 Å². The van der Waals surface area contributed by atoms with Crippen LogP contribution in [-0.2, 0) is 18.9 Å². The molecule has 2 heterocycles. The Kier molecular flexibility index (Phi) is 9.62. The normalized spacial score (nSPS) is 42.8. The Labute approximate surface area is 172 Å². The molecule has 2 rings (SSSR count). The largest absolute Gasteiger partial charge is 0.394 e. The van der Waals surface area contributed by atoms with Crippen LogP contribution in [0.4, 0.5) is 0 Å². The number of rotatable bonds is 8. The van der Waals surface area contributed by atoms with Gasteiger partial charge in [0.2, 0.25) is 0 Å². The summed E-state index contributed by atoms with van der Waals surface area (Å²) < 4.78 is 21.6. The fraction of sp³-hybridized carbons (Fsp3) is 0.778. The van der Waals surface area contributed by atoms with Crippen molar-refractivity contribution in [2.24, 2.45) is 0 Å².